The average molecular weight is 314 g/mol. The second kappa shape index (κ2) is 5.47. The van der Waals surface area contributed by atoms with Crippen molar-refractivity contribution in [3.05, 3.63) is 30.2 Å². The first kappa shape index (κ1) is 13.9. The van der Waals surface area contributed by atoms with Crippen LogP contribution in [-0.4, -0.2) is 39.4 Å². The number of anilines is 2. The van der Waals surface area contributed by atoms with Crippen molar-refractivity contribution in [3.63, 3.8) is 0 Å². The molecule has 7 nitrogen and oxygen atoms in total. The monoisotopic (exact) mass is 314 g/mol. The van der Waals surface area contributed by atoms with E-state index in [1.54, 1.807) is 18.3 Å². The molecular weight excluding hydrogens is 299 g/mol. The van der Waals surface area contributed by atoms with Crippen molar-refractivity contribution in [2.24, 2.45) is 0 Å². The molecule has 118 valence electrons. The van der Waals surface area contributed by atoms with Gasteiger partial charge in [-0.2, -0.15) is 10.1 Å². The standard InChI is InChI=1S/C15H15FN6O/c16-10-5-8(11-1-3-18-22-11)6-12-13(10)14(21-15(17)20-12)19-9-2-4-23-7-9/h1,3,5-6,9H,2,4,7H2,(H,18,22)(H3,17,19,20,21). The Morgan fingerprint density at radius 2 is 2.26 bits per heavy atom. The molecule has 1 unspecified atom stereocenters. The SMILES string of the molecule is Nc1nc(NC2CCOC2)c2c(F)cc(-c3ccn[nH]3)cc2n1. The molecule has 0 amide bonds. The summed E-state index contributed by atoms with van der Waals surface area (Å²) in [5.74, 6) is 0.0882. The third-order valence-electron chi connectivity index (χ3n) is 3.85. The first-order chi connectivity index (χ1) is 11.2. The summed E-state index contributed by atoms with van der Waals surface area (Å²) in [6, 6.07) is 5.06. The summed E-state index contributed by atoms with van der Waals surface area (Å²) in [5.41, 5.74) is 7.59. The molecule has 0 radical (unpaired) electrons. The van der Waals surface area contributed by atoms with Crippen molar-refractivity contribution in [1.82, 2.24) is 20.2 Å². The molecule has 23 heavy (non-hydrogen) atoms. The number of nitrogens with two attached hydrogens (primary N) is 1. The Hall–Kier alpha value is -2.74. The number of nitrogens with one attached hydrogen (secondary N) is 2. The zero-order valence-electron chi connectivity index (χ0n) is 12.2. The van der Waals surface area contributed by atoms with E-state index in [0.29, 0.717) is 41.2 Å². The lowest BCUT2D eigenvalue weighted by molar-refractivity contribution is 0.195. The number of nitrogens with zero attached hydrogens (tertiary/aromatic N) is 3. The van der Waals surface area contributed by atoms with Gasteiger partial charge in [-0.25, -0.2) is 9.37 Å². The van der Waals surface area contributed by atoms with Gasteiger partial charge >= 0.3 is 0 Å². The molecule has 0 bridgehead atoms. The van der Waals surface area contributed by atoms with E-state index in [0.717, 1.165) is 6.42 Å². The van der Waals surface area contributed by atoms with Crippen LogP contribution in [0.5, 0.6) is 0 Å². The highest BCUT2D eigenvalue weighted by atomic mass is 19.1. The largest absolute Gasteiger partial charge is 0.379 e. The molecule has 0 aliphatic carbocycles. The molecule has 3 aromatic rings. The second-order valence-electron chi connectivity index (χ2n) is 5.46. The second-order valence-corrected chi connectivity index (χ2v) is 5.46. The molecule has 1 saturated heterocycles. The number of aromatic amines is 1. The van der Waals surface area contributed by atoms with Crippen molar-refractivity contribution in [1.29, 1.82) is 0 Å². The fourth-order valence-electron chi connectivity index (χ4n) is 2.75. The molecule has 0 saturated carbocycles. The summed E-state index contributed by atoms with van der Waals surface area (Å²) in [4.78, 5) is 8.32. The van der Waals surface area contributed by atoms with Crippen molar-refractivity contribution < 1.29 is 9.13 Å². The van der Waals surface area contributed by atoms with Crippen molar-refractivity contribution in [3.8, 4) is 11.3 Å². The van der Waals surface area contributed by atoms with Gasteiger partial charge < -0.3 is 15.8 Å². The summed E-state index contributed by atoms with van der Waals surface area (Å²) in [5, 5.41) is 10.2. The third-order valence-corrected chi connectivity index (χ3v) is 3.85. The molecule has 8 heteroatoms. The van der Waals surface area contributed by atoms with Crippen molar-refractivity contribution >= 4 is 22.7 Å². The minimum Gasteiger partial charge on any atom is -0.379 e. The summed E-state index contributed by atoms with van der Waals surface area (Å²) in [6.45, 7) is 1.25. The fourth-order valence-corrected chi connectivity index (χ4v) is 2.75. The van der Waals surface area contributed by atoms with Crippen LogP contribution in [0.25, 0.3) is 22.2 Å². The Balaban J connectivity index is 1.84. The van der Waals surface area contributed by atoms with Crippen LogP contribution in [0.15, 0.2) is 24.4 Å². The smallest absolute Gasteiger partial charge is 0.222 e. The predicted octanol–water partition coefficient (Wildman–Crippen LogP) is 1.94. The zero-order chi connectivity index (χ0) is 15.8. The highest BCUT2D eigenvalue weighted by molar-refractivity contribution is 5.93. The molecule has 1 fully saturated rings. The van der Waals surface area contributed by atoms with Gasteiger partial charge in [-0.15, -0.1) is 0 Å². The third kappa shape index (κ3) is 2.57. The van der Waals surface area contributed by atoms with Crippen LogP contribution in [0.4, 0.5) is 16.2 Å². The number of hydrogen-bond acceptors (Lipinski definition) is 6. The van der Waals surface area contributed by atoms with E-state index in [2.05, 4.69) is 25.5 Å². The molecule has 1 aliphatic rings. The van der Waals surface area contributed by atoms with E-state index in [9.17, 15) is 4.39 Å². The number of ether oxygens (including phenoxy) is 1. The normalized spacial score (nSPS) is 17.7. The molecule has 1 aliphatic heterocycles. The van der Waals surface area contributed by atoms with Gasteiger partial charge in [0.1, 0.15) is 11.6 Å². The maximum atomic E-state index is 14.7. The Bertz CT molecular complexity index is 845. The topological polar surface area (TPSA) is 102 Å². The van der Waals surface area contributed by atoms with E-state index >= 15 is 0 Å². The van der Waals surface area contributed by atoms with Gasteiger partial charge in [0.15, 0.2) is 0 Å². The first-order valence-corrected chi connectivity index (χ1v) is 7.31. The number of benzene rings is 1. The number of nitrogen functional groups attached to an aromatic ring is 1. The van der Waals surface area contributed by atoms with Gasteiger partial charge in [-0.3, -0.25) is 5.10 Å². The van der Waals surface area contributed by atoms with Crippen LogP contribution in [0.1, 0.15) is 6.42 Å². The van der Waals surface area contributed by atoms with Crippen LogP contribution in [0, 0.1) is 5.82 Å². The highest BCUT2D eigenvalue weighted by Gasteiger charge is 2.20. The van der Waals surface area contributed by atoms with Crippen LogP contribution in [0.3, 0.4) is 0 Å². The van der Waals surface area contributed by atoms with Crippen LogP contribution in [-0.2, 0) is 4.74 Å². The molecule has 0 spiro atoms. The van der Waals surface area contributed by atoms with Gasteiger partial charge in [-0.05, 0) is 24.6 Å². The minimum atomic E-state index is -0.409. The van der Waals surface area contributed by atoms with E-state index < -0.39 is 5.82 Å². The number of rotatable bonds is 3. The fraction of sp³-hybridized carbons (Fsp3) is 0.267. The molecule has 1 atom stereocenters. The Kier molecular flexibility index (Phi) is 3.30. The van der Waals surface area contributed by atoms with Gasteiger partial charge in [0.05, 0.1) is 29.2 Å². The molecule has 4 N–H and O–H groups in total. The summed E-state index contributed by atoms with van der Waals surface area (Å²) in [7, 11) is 0. The lowest BCUT2D eigenvalue weighted by atomic mass is 10.1. The van der Waals surface area contributed by atoms with Crippen LogP contribution >= 0.6 is 0 Å². The average Bonchev–Trinajstić information content (AvgIpc) is 3.19. The summed E-state index contributed by atoms with van der Waals surface area (Å²) >= 11 is 0. The van der Waals surface area contributed by atoms with Crippen molar-refractivity contribution in [2.75, 3.05) is 24.3 Å². The van der Waals surface area contributed by atoms with E-state index in [-0.39, 0.29) is 12.0 Å². The summed E-state index contributed by atoms with van der Waals surface area (Å²) in [6.07, 6.45) is 2.46. The number of hydrogen-bond donors (Lipinski definition) is 3. The van der Waals surface area contributed by atoms with E-state index in [4.69, 9.17) is 10.5 Å². The lowest BCUT2D eigenvalue weighted by Crippen LogP contribution is -2.20. The van der Waals surface area contributed by atoms with E-state index in [1.807, 2.05) is 0 Å². The predicted molar refractivity (Wildman–Crippen MR) is 84.3 cm³/mol. The Morgan fingerprint density at radius 1 is 1.35 bits per heavy atom. The van der Waals surface area contributed by atoms with Gasteiger partial charge in [0.25, 0.3) is 0 Å². The Morgan fingerprint density at radius 3 is 3.00 bits per heavy atom. The van der Waals surface area contributed by atoms with Gasteiger partial charge in [-0.1, -0.05) is 0 Å². The van der Waals surface area contributed by atoms with Crippen molar-refractivity contribution in [2.45, 2.75) is 12.5 Å². The van der Waals surface area contributed by atoms with Gasteiger partial charge in [0, 0.05) is 18.4 Å². The number of aromatic nitrogens is 4. The first-order valence-electron chi connectivity index (χ1n) is 7.31. The zero-order valence-corrected chi connectivity index (χ0v) is 12.2. The maximum absolute atomic E-state index is 14.7. The number of fused-ring (bicyclic) bond motifs is 1. The molecule has 1 aromatic carbocycles. The van der Waals surface area contributed by atoms with Crippen LogP contribution in [0.2, 0.25) is 0 Å². The highest BCUT2D eigenvalue weighted by Crippen LogP contribution is 2.30. The minimum absolute atomic E-state index is 0.0965. The molecule has 4 rings (SSSR count). The van der Waals surface area contributed by atoms with Crippen LogP contribution < -0.4 is 11.1 Å². The number of halogens is 1. The maximum Gasteiger partial charge on any atom is 0.222 e. The molecule has 2 aromatic heterocycles. The lowest BCUT2D eigenvalue weighted by Gasteiger charge is -2.14. The van der Waals surface area contributed by atoms with E-state index in [1.165, 1.54) is 6.07 Å². The Labute approximate surface area is 131 Å². The van der Waals surface area contributed by atoms with Gasteiger partial charge in [0.2, 0.25) is 5.95 Å². The quantitative estimate of drug-likeness (QED) is 0.683. The molecule has 3 heterocycles. The summed E-state index contributed by atoms with van der Waals surface area (Å²) < 4.78 is 20.0. The number of H-pyrrole nitrogens is 1. The molecular formula is C15H15FN6O.